The fourth-order valence-electron chi connectivity index (χ4n) is 2.02. The molecule has 0 radical (unpaired) electrons. The Morgan fingerprint density at radius 3 is 2.90 bits per heavy atom. The molecule has 0 atom stereocenters. The Balaban J connectivity index is 1.98. The van der Waals surface area contributed by atoms with Gasteiger partial charge < -0.3 is 0 Å². The molecule has 3 heterocycles. The molecule has 0 aliphatic carbocycles. The number of aryl methyl sites for hydroxylation is 1. The van der Waals surface area contributed by atoms with Gasteiger partial charge in [-0.05, 0) is 24.8 Å². The summed E-state index contributed by atoms with van der Waals surface area (Å²) in [4.78, 5) is 12.9. The average molecular weight is 284 g/mol. The predicted molar refractivity (Wildman–Crippen MR) is 73.7 cm³/mol. The maximum absolute atomic E-state index is 12.0. The van der Waals surface area contributed by atoms with Crippen LogP contribution in [0.15, 0.2) is 39.1 Å². The molecule has 3 aromatic rings. The van der Waals surface area contributed by atoms with Crippen molar-refractivity contribution in [2.75, 3.05) is 5.43 Å². The van der Waals surface area contributed by atoms with E-state index in [0.29, 0.717) is 16.7 Å². The van der Waals surface area contributed by atoms with Crippen LogP contribution in [0.4, 0.5) is 5.82 Å². The molecule has 0 spiro atoms. The van der Waals surface area contributed by atoms with Gasteiger partial charge in [-0.2, -0.15) is 4.68 Å². The van der Waals surface area contributed by atoms with Gasteiger partial charge in [-0.15, -0.1) is 20.4 Å². The van der Waals surface area contributed by atoms with Crippen LogP contribution in [0.3, 0.4) is 0 Å². The van der Waals surface area contributed by atoms with E-state index in [0.717, 1.165) is 15.8 Å². The summed E-state index contributed by atoms with van der Waals surface area (Å²) in [6, 6.07) is 7.71. The Labute approximate surface area is 117 Å². The van der Waals surface area contributed by atoms with Gasteiger partial charge >= 0.3 is 0 Å². The zero-order valence-electron chi connectivity index (χ0n) is 10.4. The van der Waals surface area contributed by atoms with Crippen molar-refractivity contribution >= 4 is 28.5 Å². The second kappa shape index (κ2) is 4.01. The van der Waals surface area contributed by atoms with Crippen molar-refractivity contribution in [3.63, 3.8) is 0 Å². The smallest absolute Gasteiger partial charge is 0.270 e. The summed E-state index contributed by atoms with van der Waals surface area (Å²) in [5.41, 5.74) is 3.85. The third kappa shape index (κ3) is 1.51. The van der Waals surface area contributed by atoms with Crippen LogP contribution in [-0.2, 0) is 0 Å². The third-order valence-electron chi connectivity index (χ3n) is 3.02. The van der Waals surface area contributed by atoms with Gasteiger partial charge in [-0.25, -0.2) is 0 Å². The van der Waals surface area contributed by atoms with Crippen LogP contribution < -0.4 is 11.0 Å². The monoisotopic (exact) mass is 284 g/mol. The number of nitrogens with one attached hydrogen (secondary N) is 1. The molecule has 2 aromatic heterocycles. The Bertz CT molecular complexity index is 906. The highest BCUT2D eigenvalue weighted by molar-refractivity contribution is 7.99. The van der Waals surface area contributed by atoms with Crippen LogP contribution in [0, 0.1) is 6.92 Å². The van der Waals surface area contributed by atoms with Crippen molar-refractivity contribution in [3.8, 4) is 0 Å². The zero-order valence-corrected chi connectivity index (χ0v) is 11.2. The number of anilines is 1. The van der Waals surface area contributed by atoms with Crippen molar-refractivity contribution < 1.29 is 0 Å². The Morgan fingerprint density at radius 2 is 2.00 bits per heavy atom. The lowest BCUT2D eigenvalue weighted by Gasteiger charge is -2.20. The number of aromatic nitrogens is 5. The van der Waals surface area contributed by atoms with Crippen LogP contribution in [-0.4, -0.2) is 25.1 Å². The van der Waals surface area contributed by atoms with Crippen molar-refractivity contribution in [1.82, 2.24) is 25.1 Å². The molecule has 0 saturated carbocycles. The summed E-state index contributed by atoms with van der Waals surface area (Å²) in [5, 5.41) is 17.6. The minimum Gasteiger partial charge on any atom is -0.270 e. The maximum atomic E-state index is 12.0. The first-order chi connectivity index (χ1) is 9.74. The van der Waals surface area contributed by atoms with E-state index in [1.54, 1.807) is 6.92 Å². The number of hydrogen-bond donors (Lipinski definition) is 1. The van der Waals surface area contributed by atoms with E-state index in [4.69, 9.17) is 0 Å². The fourth-order valence-corrected chi connectivity index (χ4v) is 2.97. The largest absolute Gasteiger partial charge is 0.294 e. The molecule has 7 nitrogen and oxygen atoms in total. The average Bonchev–Trinajstić information content (AvgIpc) is 2.50. The number of nitrogens with zero attached hydrogens (tertiary/aromatic N) is 5. The lowest BCUT2D eigenvalue weighted by Crippen LogP contribution is -2.33. The summed E-state index contributed by atoms with van der Waals surface area (Å²) in [6.45, 7) is 1.62. The van der Waals surface area contributed by atoms with Crippen molar-refractivity contribution in [2.45, 2.75) is 17.0 Å². The molecular formula is C12H8N6OS. The quantitative estimate of drug-likeness (QED) is 0.519. The van der Waals surface area contributed by atoms with Gasteiger partial charge in [0.15, 0.2) is 5.82 Å². The van der Waals surface area contributed by atoms with Crippen LogP contribution in [0.25, 0.3) is 10.9 Å². The van der Waals surface area contributed by atoms with Gasteiger partial charge in [0.05, 0.1) is 10.4 Å². The Kier molecular flexibility index (Phi) is 2.27. The highest BCUT2D eigenvalue weighted by Crippen LogP contribution is 2.38. The molecule has 98 valence electrons. The summed E-state index contributed by atoms with van der Waals surface area (Å²) >= 11 is 1.36. The summed E-state index contributed by atoms with van der Waals surface area (Å²) < 4.78 is 1.35. The van der Waals surface area contributed by atoms with E-state index in [1.807, 2.05) is 24.3 Å². The van der Waals surface area contributed by atoms with E-state index in [1.165, 1.54) is 16.4 Å². The first kappa shape index (κ1) is 11.4. The highest BCUT2D eigenvalue weighted by Gasteiger charge is 2.22. The second-order valence-corrected chi connectivity index (χ2v) is 5.29. The molecule has 0 fully saturated rings. The normalized spacial score (nSPS) is 12.7. The zero-order chi connectivity index (χ0) is 13.7. The molecule has 1 aliphatic heterocycles. The van der Waals surface area contributed by atoms with Crippen LogP contribution in [0.2, 0.25) is 0 Å². The van der Waals surface area contributed by atoms with Crippen LogP contribution in [0.5, 0.6) is 0 Å². The summed E-state index contributed by atoms with van der Waals surface area (Å²) in [7, 11) is 0. The third-order valence-corrected chi connectivity index (χ3v) is 4.09. The van der Waals surface area contributed by atoms with Gasteiger partial charge in [0, 0.05) is 5.39 Å². The summed E-state index contributed by atoms with van der Waals surface area (Å²) in [5.74, 6) is 0.552. The first-order valence-corrected chi connectivity index (χ1v) is 6.72. The van der Waals surface area contributed by atoms with Gasteiger partial charge in [0.25, 0.3) is 5.56 Å². The molecule has 0 bridgehead atoms. The number of hydrogen-bond acceptors (Lipinski definition) is 7. The predicted octanol–water partition coefficient (Wildman–Crippen LogP) is 1.23. The first-order valence-electron chi connectivity index (χ1n) is 5.90. The SMILES string of the molecule is Cc1nnc2n(c1=O)Nc1nnc3ccccc3c1S2. The standard InChI is InChI=1S/C12H8N6OS/c1-6-11(19)18-12(16-13-6)20-9-7-4-2-3-5-8(7)14-15-10(9)17-18/h2-5H,1H3,(H,15,17). The van der Waals surface area contributed by atoms with Gasteiger partial charge in [0.1, 0.15) is 5.69 Å². The topological polar surface area (TPSA) is 85.6 Å². The lowest BCUT2D eigenvalue weighted by atomic mass is 10.2. The minimum absolute atomic E-state index is 0.233. The molecule has 1 aromatic carbocycles. The molecular weight excluding hydrogens is 276 g/mol. The highest BCUT2D eigenvalue weighted by atomic mass is 32.2. The maximum Gasteiger partial charge on any atom is 0.294 e. The van der Waals surface area contributed by atoms with E-state index >= 15 is 0 Å². The summed E-state index contributed by atoms with van der Waals surface area (Å²) in [6.07, 6.45) is 0. The van der Waals surface area contributed by atoms with E-state index in [-0.39, 0.29) is 5.56 Å². The van der Waals surface area contributed by atoms with Crippen molar-refractivity contribution in [1.29, 1.82) is 0 Å². The molecule has 0 amide bonds. The van der Waals surface area contributed by atoms with Crippen molar-refractivity contribution in [3.05, 3.63) is 40.3 Å². The van der Waals surface area contributed by atoms with E-state index < -0.39 is 0 Å². The van der Waals surface area contributed by atoms with Gasteiger partial charge in [0.2, 0.25) is 5.16 Å². The van der Waals surface area contributed by atoms with E-state index in [2.05, 4.69) is 25.8 Å². The lowest BCUT2D eigenvalue weighted by molar-refractivity contribution is 0.655. The van der Waals surface area contributed by atoms with Crippen LogP contribution in [0.1, 0.15) is 5.69 Å². The van der Waals surface area contributed by atoms with Gasteiger partial charge in [-0.3, -0.25) is 10.2 Å². The minimum atomic E-state index is -0.233. The van der Waals surface area contributed by atoms with Gasteiger partial charge in [-0.1, -0.05) is 18.2 Å². The molecule has 1 N–H and O–H groups in total. The fraction of sp³-hybridized carbons (Fsp3) is 0.0833. The van der Waals surface area contributed by atoms with Crippen LogP contribution >= 0.6 is 11.8 Å². The number of rotatable bonds is 0. The number of fused-ring (bicyclic) bond motifs is 4. The molecule has 1 aliphatic rings. The Morgan fingerprint density at radius 1 is 1.15 bits per heavy atom. The van der Waals surface area contributed by atoms with Crippen molar-refractivity contribution in [2.24, 2.45) is 0 Å². The second-order valence-electron chi connectivity index (χ2n) is 4.32. The molecule has 20 heavy (non-hydrogen) atoms. The molecule has 8 heteroatoms. The van der Waals surface area contributed by atoms with E-state index in [9.17, 15) is 4.79 Å². The Hall–Kier alpha value is -2.48. The molecule has 0 unspecified atom stereocenters. The molecule has 4 rings (SSSR count). The number of benzene rings is 1. The molecule has 0 saturated heterocycles.